The monoisotopic (exact) mass is 445 g/mol. The molecule has 0 bridgehead atoms. The summed E-state index contributed by atoms with van der Waals surface area (Å²) in [7, 11) is 0. The number of para-hydroxylation sites is 1. The van der Waals surface area contributed by atoms with Gasteiger partial charge in [0.1, 0.15) is 5.75 Å². The first kappa shape index (κ1) is 23.2. The number of nitrogens with zero attached hydrogens (tertiary/aromatic N) is 1. The maximum Gasteiger partial charge on any atom is 0.387 e. The topological polar surface area (TPSA) is 87.7 Å². The maximum atomic E-state index is 12.9. The van der Waals surface area contributed by atoms with Gasteiger partial charge in [-0.15, -0.1) is 0 Å². The molecule has 0 spiro atoms. The molecule has 170 valence electrons. The number of halogens is 2. The maximum absolute atomic E-state index is 12.9. The van der Waals surface area contributed by atoms with E-state index < -0.39 is 18.4 Å². The Kier molecular flexibility index (Phi) is 8.13. The van der Waals surface area contributed by atoms with Crippen molar-refractivity contribution in [1.29, 1.82) is 0 Å². The average molecular weight is 445 g/mol. The Morgan fingerprint density at radius 3 is 2.44 bits per heavy atom. The van der Waals surface area contributed by atoms with Gasteiger partial charge in [-0.3, -0.25) is 14.4 Å². The third kappa shape index (κ3) is 6.26. The molecule has 7 nitrogen and oxygen atoms in total. The predicted octanol–water partition coefficient (Wildman–Crippen LogP) is 2.69. The van der Waals surface area contributed by atoms with E-state index in [1.807, 2.05) is 6.07 Å². The van der Waals surface area contributed by atoms with Crippen molar-refractivity contribution >= 4 is 17.7 Å². The fraction of sp³-hybridized carbons (Fsp3) is 0.348. The fourth-order valence-electron chi connectivity index (χ4n) is 3.59. The number of benzene rings is 2. The Bertz CT molecular complexity index is 940. The molecule has 0 aliphatic carbocycles. The van der Waals surface area contributed by atoms with E-state index in [4.69, 9.17) is 0 Å². The van der Waals surface area contributed by atoms with Gasteiger partial charge in [0.05, 0.1) is 11.5 Å². The Balaban J connectivity index is 1.49. The van der Waals surface area contributed by atoms with Gasteiger partial charge in [0.25, 0.3) is 11.8 Å². The average Bonchev–Trinajstić information content (AvgIpc) is 2.81. The van der Waals surface area contributed by atoms with Crippen molar-refractivity contribution in [2.24, 2.45) is 5.92 Å². The van der Waals surface area contributed by atoms with Crippen LogP contribution in [0, 0.1) is 5.92 Å². The molecule has 1 aliphatic heterocycles. The zero-order chi connectivity index (χ0) is 22.9. The van der Waals surface area contributed by atoms with Crippen LogP contribution in [0.15, 0.2) is 54.6 Å². The normalized spacial score (nSPS) is 15.8. The second kappa shape index (κ2) is 11.2. The van der Waals surface area contributed by atoms with Gasteiger partial charge < -0.3 is 20.3 Å². The fourth-order valence-corrected chi connectivity index (χ4v) is 3.59. The summed E-state index contributed by atoms with van der Waals surface area (Å²) in [5.41, 5.74) is 0.578. The van der Waals surface area contributed by atoms with Crippen LogP contribution in [-0.4, -0.2) is 55.4 Å². The third-order valence-corrected chi connectivity index (χ3v) is 5.16. The van der Waals surface area contributed by atoms with Crippen LogP contribution in [0.2, 0.25) is 0 Å². The highest BCUT2D eigenvalue weighted by Crippen LogP contribution is 2.25. The Hall–Kier alpha value is -3.49. The van der Waals surface area contributed by atoms with Crippen molar-refractivity contribution in [3.63, 3.8) is 0 Å². The molecule has 1 unspecified atom stereocenters. The number of nitrogens with one attached hydrogen (secondary N) is 2. The summed E-state index contributed by atoms with van der Waals surface area (Å²) in [4.78, 5) is 38.9. The van der Waals surface area contributed by atoms with Crippen LogP contribution in [0.1, 0.15) is 33.6 Å². The summed E-state index contributed by atoms with van der Waals surface area (Å²) in [5, 5.41) is 5.51. The SMILES string of the molecule is O=C(NCCNC(=O)C1CCCN(C(=O)c2ccccc2OC(F)F)C1)c1ccccc1. The number of hydrogen-bond acceptors (Lipinski definition) is 4. The number of carbonyl (C=O) groups excluding carboxylic acids is 3. The van der Waals surface area contributed by atoms with Gasteiger partial charge in [0.2, 0.25) is 5.91 Å². The van der Waals surface area contributed by atoms with Crippen molar-refractivity contribution < 1.29 is 27.9 Å². The second-order valence-corrected chi connectivity index (χ2v) is 7.38. The number of ether oxygens (including phenoxy) is 1. The van der Waals surface area contributed by atoms with E-state index in [9.17, 15) is 23.2 Å². The first-order chi connectivity index (χ1) is 15.5. The summed E-state index contributed by atoms with van der Waals surface area (Å²) in [5.74, 6) is -1.49. The van der Waals surface area contributed by atoms with E-state index in [1.165, 1.54) is 23.1 Å². The van der Waals surface area contributed by atoms with E-state index in [0.717, 1.165) is 0 Å². The smallest absolute Gasteiger partial charge is 0.387 e. The predicted molar refractivity (Wildman–Crippen MR) is 113 cm³/mol. The number of carbonyl (C=O) groups is 3. The van der Waals surface area contributed by atoms with Crippen LogP contribution >= 0.6 is 0 Å². The van der Waals surface area contributed by atoms with Gasteiger partial charge in [-0.1, -0.05) is 30.3 Å². The molecule has 1 saturated heterocycles. The number of alkyl halides is 2. The van der Waals surface area contributed by atoms with Crippen LogP contribution in [0.5, 0.6) is 5.75 Å². The quantitative estimate of drug-likeness (QED) is 0.612. The molecular formula is C23H25F2N3O4. The van der Waals surface area contributed by atoms with Crippen molar-refractivity contribution in [2.45, 2.75) is 19.5 Å². The minimum Gasteiger partial charge on any atom is -0.434 e. The molecule has 32 heavy (non-hydrogen) atoms. The molecule has 0 aromatic heterocycles. The summed E-state index contributed by atoms with van der Waals surface area (Å²) in [6.45, 7) is -1.89. The molecule has 1 atom stereocenters. The largest absolute Gasteiger partial charge is 0.434 e. The Morgan fingerprint density at radius 2 is 1.69 bits per heavy atom. The molecule has 2 aromatic rings. The van der Waals surface area contributed by atoms with Crippen LogP contribution < -0.4 is 15.4 Å². The molecule has 1 aliphatic rings. The van der Waals surface area contributed by atoms with E-state index in [-0.39, 0.29) is 42.8 Å². The minimum absolute atomic E-state index is 0.0393. The lowest BCUT2D eigenvalue weighted by molar-refractivity contribution is -0.126. The first-order valence-corrected chi connectivity index (χ1v) is 10.4. The number of amides is 3. The van der Waals surface area contributed by atoms with Crippen LogP contribution in [-0.2, 0) is 4.79 Å². The number of hydrogen-bond donors (Lipinski definition) is 2. The molecule has 1 heterocycles. The molecule has 3 amide bonds. The summed E-state index contributed by atoms with van der Waals surface area (Å²) < 4.78 is 29.7. The highest BCUT2D eigenvalue weighted by Gasteiger charge is 2.30. The molecule has 2 aromatic carbocycles. The van der Waals surface area contributed by atoms with Crippen LogP contribution in [0.4, 0.5) is 8.78 Å². The molecule has 1 fully saturated rings. The van der Waals surface area contributed by atoms with Gasteiger partial charge in [0, 0.05) is 31.7 Å². The van der Waals surface area contributed by atoms with Gasteiger partial charge in [-0.25, -0.2) is 0 Å². The number of rotatable bonds is 8. The van der Waals surface area contributed by atoms with E-state index in [2.05, 4.69) is 15.4 Å². The van der Waals surface area contributed by atoms with Crippen LogP contribution in [0.25, 0.3) is 0 Å². The highest BCUT2D eigenvalue weighted by atomic mass is 19.3. The lowest BCUT2D eigenvalue weighted by atomic mass is 9.96. The summed E-state index contributed by atoms with van der Waals surface area (Å²) in [6.07, 6.45) is 1.23. The van der Waals surface area contributed by atoms with E-state index in [1.54, 1.807) is 30.3 Å². The highest BCUT2D eigenvalue weighted by molar-refractivity contribution is 5.97. The second-order valence-electron chi connectivity index (χ2n) is 7.38. The Labute approximate surface area is 184 Å². The zero-order valence-electron chi connectivity index (χ0n) is 17.4. The van der Waals surface area contributed by atoms with Gasteiger partial charge in [-0.2, -0.15) is 8.78 Å². The third-order valence-electron chi connectivity index (χ3n) is 5.16. The molecule has 0 radical (unpaired) electrons. The molecule has 9 heteroatoms. The van der Waals surface area contributed by atoms with Crippen molar-refractivity contribution in [3.8, 4) is 5.75 Å². The van der Waals surface area contributed by atoms with Crippen molar-refractivity contribution in [1.82, 2.24) is 15.5 Å². The minimum atomic E-state index is -3.04. The lowest BCUT2D eigenvalue weighted by Gasteiger charge is -2.32. The lowest BCUT2D eigenvalue weighted by Crippen LogP contribution is -2.46. The molecular weight excluding hydrogens is 420 g/mol. The number of piperidine rings is 1. The van der Waals surface area contributed by atoms with Gasteiger partial charge in [-0.05, 0) is 37.1 Å². The molecule has 3 rings (SSSR count). The standard InChI is InChI=1S/C23H25F2N3O4/c24-23(25)32-19-11-5-4-10-18(19)22(31)28-14-6-9-17(15-28)21(30)27-13-12-26-20(29)16-7-2-1-3-8-16/h1-5,7-8,10-11,17,23H,6,9,12-15H2,(H,26,29)(H,27,30). The van der Waals surface area contributed by atoms with E-state index in [0.29, 0.717) is 24.9 Å². The zero-order valence-corrected chi connectivity index (χ0v) is 17.4. The Morgan fingerprint density at radius 1 is 1.00 bits per heavy atom. The van der Waals surface area contributed by atoms with E-state index >= 15 is 0 Å². The first-order valence-electron chi connectivity index (χ1n) is 10.4. The van der Waals surface area contributed by atoms with Crippen molar-refractivity contribution in [3.05, 3.63) is 65.7 Å². The molecule has 0 saturated carbocycles. The number of likely N-dealkylation sites (tertiary alicyclic amines) is 1. The summed E-state index contributed by atoms with van der Waals surface area (Å²) >= 11 is 0. The van der Waals surface area contributed by atoms with Crippen molar-refractivity contribution in [2.75, 3.05) is 26.2 Å². The van der Waals surface area contributed by atoms with Gasteiger partial charge >= 0.3 is 6.61 Å². The summed E-state index contributed by atoms with van der Waals surface area (Å²) in [6, 6.07) is 14.6. The molecule has 2 N–H and O–H groups in total. The van der Waals surface area contributed by atoms with Crippen LogP contribution in [0.3, 0.4) is 0 Å². The van der Waals surface area contributed by atoms with Gasteiger partial charge in [0.15, 0.2) is 0 Å².